The number of pyridine rings is 1. The number of amides is 1. The van der Waals surface area contributed by atoms with Crippen LogP contribution < -0.4 is 16.2 Å². The number of carbonyl (C=O) groups is 1. The second kappa shape index (κ2) is 16.1. The number of nitrogens with one attached hydrogen (secondary N) is 1. The first kappa shape index (κ1) is 34.4. The van der Waals surface area contributed by atoms with Gasteiger partial charge in [-0.2, -0.15) is 0 Å². The van der Waals surface area contributed by atoms with Crippen molar-refractivity contribution in [1.29, 1.82) is 0 Å². The van der Waals surface area contributed by atoms with Crippen LogP contribution >= 0.6 is 9.24 Å². The van der Waals surface area contributed by atoms with Crippen molar-refractivity contribution in [3.63, 3.8) is 0 Å². The minimum atomic E-state index is -1.61. The van der Waals surface area contributed by atoms with Crippen LogP contribution in [0.25, 0.3) is 28.0 Å². The molecule has 1 N–H and O–H groups in total. The van der Waals surface area contributed by atoms with E-state index in [1.165, 1.54) is 23.0 Å². The summed E-state index contributed by atoms with van der Waals surface area (Å²) < 4.78 is 28.8. The van der Waals surface area contributed by atoms with Crippen molar-refractivity contribution in [2.24, 2.45) is 0 Å². The third-order valence-corrected chi connectivity index (χ3v) is 7.69. The molecule has 0 saturated heterocycles. The van der Waals surface area contributed by atoms with Gasteiger partial charge in [0.15, 0.2) is 5.65 Å². The zero-order valence-electron chi connectivity index (χ0n) is 25.8. The van der Waals surface area contributed by atoms with E-state index in [-0.39, 0.29) is 22.4 Å². The molecule has 2 unspecified atom stereocenters. The van der Waals surface area contributed by atoms with E-state index in [0.29, 0.717) is 40.5 Å². The van der Waals surface area contributed by atoms with Gasteiger partial charge in [-0.1, -0.05) is 76.2 Å². The average Bonchev–Trinajstić information content (AvgIpc) is 3.04. The molecule has 5 rings (SSSR count). The maximum absolute atomic E-state index is 15.0. The third kappa shape index (κ3) is 7.71. The first-order valence-electron chi connectivity index (χ1n) is 14.5. The Morgan fingerprint density at radius 2 is 1.66 bits per heavy atom. The third-order valence-electron chi connectivity index (χ3n) is 6.53. The molecule has 2 aromatic heterocycles. The van der Waals surface area contributed by atoms with E-state index >= 15 is 4.39 Å². The molecule has 0 aliphatic heterocycles. The molecule has 0 aliphatic carbocycles. The van der Waals surface area contributed by atoms with Gasteiger partial charge in [0.2, 0.25) is 5.16 Å². The van der Waals surface area contributed by atoms with Crippen molar-refractivity contribution in [2.45, 2.75) is 46.2 Å². The number of aromatic nitrogens is 3. The molecule has 230 valence electrons. The lowest BCUT2D eigenvalue weighted by molar-refractivity contribution is 0.0954. The fraction of sp³-hybridized carbons (Fsp3) is 0.235. The Hall–Kier alpha value is -4.07. The molecule has 0 bridgehead atoms. The van der Waals surface area contributed by atoms with Crippen molar-refractivity contribution in [3.05, 3.63) is 112 Å². The molecule has 0 radical (unpaired) electrons. The first-order chi connectivity index (χ1) is 21.2. The maximum atomic E-state index is 15.0. The summed E-state index contributed by atoms with van der Waals surface area (Å²) in [6, 6.07) is 22.5. The Labute approximate surface area is 262 Å². The van der Waals surface area contributed by atoms with Gasteiger partial charge >= 0.3 is 0 Å². The molecule has 0 fully saturated rings. The van der Waals surface area contributed by atoms with Crippen LogP contribution in [0, 0.1) is 12.7 Å². The fourth-order valence-corrected chi connectivity index (χ4v) is 5.31. The number of para-hydroxylation sites is 1. The van der Waals surface area contributed by atoms with Crippen LogP contribution in [0.2, 0.25) is 0 Å². The lowest BCUT2D eigenvalue weighted by atomic mass is 9.99. The van der Waals surface area contributed by atoms with Gasteiger partial charge in [0, 0.05) is 35.4 Å². The molecule has 7 nitrogen and oxygen atoms in total. The Morgan fingerprint density at radius 3 is 2.32 bits per heavy atom. The smallest absolute Gasteiger partial charge is 0.256 e. The molecule has 2 heterocycles. The van der Waals surface area contributed by atoms with E-state index in [1.54, 1.807) is 30.3 Å². The summed E-state index contributed by atoms with van der Waals surface area (Å²) in [4.78, 5) is 35.1. The van der Waals surface area contributed by atoms with Gasteiger partial charge in [-0.3, -0.25) is 18.4 Å². The molecule has 2 atom stereocenters. The number of rotatable bonds is 7. The predicted octanol–water partition coefficient (Wildman–Crippen LogP) is 6.16. The van der Waals surface area contributed by atoms with Crippen molar-refractivity contribution in [2.75, 3.05) is 12.8 Å². The summed E-state index contributed by atoms with van der Waals surface area (Å²) >= 11 is 0. The molecule has 1 amide bonds. The zero-order chi connectivity index (χ0) is 32.4. The lowest BCUT2D eigenvalue weighted by Crippen LogP contribution is -2.25. The second-order valence-electron chi connectivity index (χ2n) is 9.25. The topological polar surface area (TPSA) is 94.0 Å². The number of nitrogens with zero attached hydrogens (tertiary/aromatic N) is 3. The van der Waals surface area contributed by atoms with E-state index in [0.717, 1.165) is 11.1 Å². The predicted molar refractivity (Wildman–Crippen MR) is 182 cm³/mol. The Kier molecular flexibility index (Phi) is 12.6. The zero-order valence-corrected chi connectivity index (χ0v) is 27.8. The molecule has 0 saturated carbocycles. The van der Waals surface area contributed by atoms with Crippen LogP contribution in [0.3, 0.4) is 0 Å². The Balaban J connectivity index is 0.00000127. The maximum Gasteiger partial charge on any atom is 0.256 e. The molecule has 3 aromatic carbocycles. The average molecular weight is 633 g/mol. The van der Waals surface area contributed by atoms with Gasteiger partial charge < -0.3 is 5.32 Å². The highest BCUT2D eigenvalue weighted by Gasteiger charge is 2.21. The van der Waals surface area contributed by atoms with Gasteiger partial charge in [0.25, 0.3) is 11.5 Å². The minimum absolute atomic E-state index is 0.0133. The highest BCUT2D eigenvalue weighted by Crippen LogP contribution is 2.31. The largest absolute Gasteiger partial charge is 0.352 e. The SMILES string of the molecule is CC.CC.Cc1ccc(C(=O)NCCc2ccccc2)cc1-c1nc(S(C)=O)nc2c1ccc(=O)n2-c1c(F)cccc1P. The summed E-state index contributed by atoms with van der Waals surface area (Å²) in [5, 5.41) is 3.85. The Morgan fingerprint density at radius 1 is 0.955 bits per heavy atom. The van der Waals surface area contributed by atoms with Crippen LogP contribution in [-0.4, -0.2) is 37.5 Å². The van der Waals surface area contributed by atoms with Crippen molar-refractivity contribution < 1.29 is 13.4 Å². The van der Waals surface area contributed by atoms with E-state index in [2.05, 4.69) is 24.5 Å². The molecule has 5 aromatic rings. The number of fused-ring (bicyclic) bond motifs is 1. The van der Waals surface area contributed by atoms with Crippen LogP contribution in [0.15, 0.2) is 88.8 Å². The van der Waals surface area contributed by atoms with Crippen LogP contribution in [0.1, 0.15) is 49.2 Å². The van der Waals surface area contributed by atoms with Gasteiger partial charge in [-0.25, -0.2) is 14.4 Å². The number of aryl methyl sites for hydroxylation is 1. The molecular weight excluding hydrogens is 594 g/mol. The van der Waals surface area contributed by atoms with Gasteiger partial charge in [-0.15, -0.1) is 9.24 Å². The van der Waals surface area contributed by atoms with Crippen LogP contribution in [0.5, 0.6) is 0 Å². The summed E-state index contributed by atoms with van der Waals surface area (Å²) in [6.45, 7) is 10.3. The second-order valence-corrected chi connectivity index (χ2v) is 11.1. The summed E-state index contributed by atoms with van der Waals surface area (Å²) in [5.74, 6) is -0.850. The standard InChI is InChI=1S/C30H26FN4O3PS.2C2H6/c1-18-11-12-20(29(37)32-16-15-19-7-4-3-5-8-19)17-22(18)26-21-13-14-25(36)35(27-23(31)9-6-10-24(27)39)28(21)34-30(33-26)40(2)38;2*1-2/h3-14,17H,15-16,39H2,1-2H3,(H,32,37);2*1-2H3. The molecular formula is C34H38FN4O3PS. The van der Waals surface area contributed by atoms with Gasteiger partial charge in [-0.05, 0) is 54.0 Å². The fourth-order valence-electron chi connectivity index (χ4n) is 4.50. The first-order valence-corrected chi connectivity index (χ1v) is 16.6. The van der Waals surface area contributed by atoms with Crippen molar-refractivity contribution in [3.8, 4) is 16.9 Å². The van der Waals surface area contributed by atoms with E-state index < -0.39 is 22.2 Å². The van der Waals surface area contributed by atoms with Gasteiger partial charge in [0.05, 0.1) is 22.2 Å². The van der Waals surface area contributed by atoms with Gasteiger partial charge in [0.1, 0.15) is 5.82 Å². The molecule has 0 aliphatic rings. The summed E-state index contributed by atoms with van der Waals surface area (Å²) in [6.07, 6.45) is 2.13. The van der Waals surface area contributed by atoms with Crippen molar-refractivity contribution in [1.82, 2.24) is 19.9 Å². The van der Waals surface area contributed by atoms with E-state index in [9.17, 15) is 13.8 Å². The Bertz CT molecular complexity index is 1820. The number of hydrogen-bond donors (Lipinski definition) is 1. The number of halogens is 1. The monoisotopic (exact) mass is 632 g/mol. The molecule has 10 heteroatoms. The number of hydrogen-bond acceptors (Lipinski definition) is 5. The summed E-state index contributed by atoms with van der Waals surface area (Å²) in [7, 11) is 0.820. The quantitative estimate of drug-likeness (QED) is 0.171. The van der Waals surface area contributed by atoms with E-state index in [4.69, 9.17) is 0 Å². The van der Waals surface area contributed by atoms with Crippen LogP contribution in [0.4, 0.5) is 4.39 Å². The summed E-state index contributed by atoms with van der Waals surface area (Å²) in [5.41, 5.74) is 3.01. The lowest BCUT2D eigenvalue weighted by Gasteiger charge is -2.16. The van der Waals surface area contributed by atoms with Crippen LogP contribution in [-0.2, 0) is 17.2 Å². The van der Waals surface area contributed by atoms with E-state index in [1.807, 2.05) is 71.0 Å². The normalized spacial score (nSPS) is 11.1. The minimum Gasteiger partial charge on any atom is -0.352 e. The highest BCUT2D eigenvalue weighted by atomic mass is 32.2. The number of benzene rings is 3. The molecule has 0 spiro atoms. The number of carbonyl (C=O) groups excluding carboxylic acids is 1. The highest BCUT2D eigenvalue weighted by molar-refractivity contribution is 7.84. The van der Waals surface area contributed by atoms with Crippen molar-refractivity contribution >= 4 is 42.3 Å². The molecule has 44 heavy (non-hydrogen) atoms.